The fraction of sp³-hybridized carbons (Fsp3) is 0.500. The molecular formula is C24H28ClN7O. The van der Waals surface area contributed by atoms with Crippen molar-refractivity contribution in [3.63, 3.8) is 0 Å². The summed E-state index contributed by atoms with van der Waals surface area (Å²) < 4.78 is 7.98. The number of ether oxygens (including phenoxy) is 1. The van der Waals surface area contributed by atoms with Crippen molar-refractivity contribution in [3.05, 3.63) is 58.5 Å². The van der Waals surface area contributed by atoms with Crippen LogP contribution < -0.4 is 4.90 Å². The van der Waals surface area contributed by atoms with E-state index in [1.165, 1.54) is 5.56 Å². The Morgan fingerprint density at radius 3 is 2.73 bits per heavy atom. The first-order chi connectivity index (χ1) is 16.2. The highest BCUT2D eigenvalue weighted by Crippen LogP contribution is 2.35. The summed E-state index contributed by atoms with van der Waals surface area (Å²) in [6, 6.07) is 8.60. The molecule has 0 amide bonds. The van der Waals surface area contributed by atoms with Crippen LogP contribution in [-0.4, -0.2) is 62.0 Å². The molecule has 2 aromatic heterocycles. The Morgan fingerprint density at radius 2 is 1.94 bits per heavy atom. The standard InChI is InChI=1S/C24H28ClN7O/c1-16-26-8-4-22(27-16)30-9-5-17(6-10-30)24-29-28-23-14-31(20-7-11-33-15-20)13-18-12-19(25)2-3-21(18)32(23)24/h2-4,8,12,17,20H,5-7,9-11,13-15H2,1H3/t20-/m1/s1. The first-order valence-corrected chi connectivity index (χ1v) is 12.1. The number of anilines is 1. The molecule has 2 saturated heterocycles. The molecule has 3 aromatic rings. The summed E-state index contributed by atoms with van der Waals surface area (Å²) in [4.78, 5) is 13.7. The van der Waals surface area contributed by atoms with E-state index in [2.05, 4.69) is 41.6 Å². The first kappa shape index (κ1) is 21.0. The maximum Gasteiger partial charge on any atom is 0.151 e. The van der Waals surface area contributed by atoms with E-state index >= 15 is 0 Å². The molecule has 33 heavy (non-hydrogen) atoms. The Labute approximate surface area is 198 Å². The van der Waals surface area contributed by atoms with Crippen LogP contribution in [0.15, 0.2) is 30.5 Å². The van der Waals surface area contributed by atoms with Gasteiger partial charge in [0.15, 0.2) is 5.82 Å². The van der Waals surface area contributed by atoms with Crippen molar-refractivity contribution in [1.82, 2.24) is 29.6 Å². The van der Waals surface area contributed by atoms with Gasteiger partial charge in [0, 0.05) is 49.4 Å². The van der Waals surface area contributed by atoms with E-state index < -0.39 is 0 Å². The van der Waals surface area contributed by atoms with E-state index in [0.717, 1.165) is 92.7 Å². The minimum Gasteiger partial charge on any atom is -0.380 e. The average molecular weight is 466 g/mol. The Balaban J connectivity index is 1.30. The molecule has 6 rings (SSSR count). The molecule has 0 radical (unpaired) electrons. The highest BCUT2D eigenvalue weighted by molar-refractivity contribution is 6.30. The summed E-state index contributed by atoms with van der Waals surface area (Å²) in [5.74, 6) is 4.25. The SMILES string of the molecule is Cc1nccc(N2CCC(c3nnc4n3-c3ccc(Cl)cc3CN([C@@H]3CCOC3)C4)CC2)n1. The largest absolute Gasteiger partial charge is 0.380 e. The number of piperidine rings is 1. The molecule has 0 aliphatic carbocycles. The van der Waals surface area contributed by atoms with Crippen LogP contribution in [0.2, 0.25) is 5.02 Å². The molecule has 2 fully saturated rings. The second-order valence-corrected chi connectivity index (χ2v) is 9.67. The summed E-state index contributed by atoms with van der Waals surface area (Å²) in [5.41, 5.74) is 2.38. The molecule has 0 unspecified atom stereocenters. The summed E-state index contributed by atoms with van der Waals surface area (Å²) >= 11 is 6.41. The molecule has 0 saturated carbocycles. The number of aromatic nitrogens is 5. The Kier molecular flexibility index (Phi) is 5.52. The fourth-order valence-corrected chi connectivity index (χ4v) is 5.56. The van der Waals surface area contributed by atoms with Crippen molar-refractivity contribution >= 4 is 17.4 Å². The third-order valence-electron chi connectivity index (χ3n) is 7.12. The highest BCUT2D eigenvalue weighted by Gasteiger charge is 2.33. The van der Waals surface area contributed by atoms with Gasteiger partial charge in [-0.2, -0.15) is 0 Å². The maximum absolute atomic E-state index is 6.41. The van der Waals surface area contributed by atoms with Crippen molar-refractivity contribution < 1.29 is 4.74 Å². The molecule has 1 atom stereocenters. The van der Waals surface area contributed by atoms with Gasteiger partial charge in [-0.05, 0) is 56.0 Å². The normalized spacial score (nSPS) is 21.6. The molecule has 0 spiro atoms. The predicted octanol–water partition coefficient (Wildman–Crippen LogP) is 3.51. The minimum absolute atomic E-state index is 0.357. The van der Waals surface area contributed by atoms with Gasteiger partial charge in [0.25, 0.3) is 0 Å². The molecule has 3 aliphatic rings. The zero-order valence-corrected chi connectivity index (χ0v) is 19.6. The lowest BCUT2D eigenvalue weighted by Gasteiger charge is -2.32. The van der Waals surface area contributed by atoms with Crippen molar-refractivity contribution in [2.75, 3.05) is 31.2 Å². The lowest BCUT2D eigenvalue weighted by atomic mass is 9.95. The highest BCUT2D eigenvalue weighted by atomic mass is 35.5. The van der Waals surface area contributed by atoms with Gasteiger partial charge in [-0.25, -0.2) is 9.97 Å². The van der Waals surface area contributed by atoms with E-state index in [0.29, 0.717) is 12.0 Å². The molecule has 9 heteroatoms. The molecule has 3 aliphatic heterocycles. The van der Waals surface area contributed by atoms with Crippen LogP contribution in [0.4, 0.5) is 5.82 Å². The number of rotatable bonds is 3. The van der Waals surface area contributed by atoms with Crippen LogP contribution in [0.1, 0.15) is 48.2 Å². The van der Waals surface area contributed by atoms with Gasteiger partial charge in [0.1, 0.15) is 17.5 Å². The molecule has 5 heterocycles. The monoisotopic (exact) mass is 465 g/mol. The Bertz CT molecular complexity index is 1150. The second-order valence-electron chi connectivity index (χ2n) is 9.23. The van der Waals surface area contributed by atoms with Gasteiger partial charge in [0.05, 0.1) is 18.8 Å². The number of nitrogens with zero attached hydrogens (tertiary/aromatic N) is 7. The number of hydrogen-bond donors (Lipinski definition) is 0. The lowest BCUT2D eigenvalue weighted by molar-refractivity contribution is 0.133. The number of hydrogen-bond acceptors (Lipinski definition) is 7. The number of benzene rings is 1. The van der Waals surface area contributed by atoms with Crippen molar-refractivity contribution in [3.8, 4) is 5.69 Å². The lowest BCUT2D eigenvalue weighted by Crippen LogP contribution is -2.34. The number of aryl methyl sites for hydroxylation is 1. The summed E-state index contributed by atoms with van der Waals surface area (Å²) in [6.07, 6.45) is 4.93. The molecule has 8 nitrogen and oxygen atoms in total. The van der Waals surface area contributed by atoms with E-state index in [-0.39, 0.29) is 0 Å². The fourth-order valence-electron chi connectivity index (χ4n) is 5.37. The van der Waals surface area contributed by atoms with Gasteiger partial charge < -0.3 is 9.64 Å². The molecular weight excluding hydrogens is 438 g/mol. The zero-order valence-electron chi connectivity index (χ0n) is 18.8. The molecule has 0 bridgehead atoms. The van der Waals surface area contributed by atoms with Crippen molar-refractivity contribution in [2.45, 2.75) is 51.2 Å². The topological polar surface area (TPSA) is 72.2 Å². The third kappa shape index (κ3) is 4.00. The summed E-state index contributed by atoms with van der Waals surface area (Å²) in [5, 5.41) is 10.2. The molecule has 172 valence electrons. The van der Waals surface area contributed by atoms with Gasteiger partial charge in [-0.15, -0.1) is 10.2 Å². The smallest absolute Gasteiger partial charge is 0.151 e. The Hall–Kier alpha value is -2.55. The zero-order chi connectivity index (χ0) is 22.4. The van der Waals surface area contributed by atoms with Crippen LogP contribution in [0, 0.1) is 6.92 Å². The minimum atomic E-state index is 0.357. The van der Waals surface area contributed by atoms with Crippen LogP contribution in [0.5, 0.6) is 0 Å². The van der Waals surface area contributed by atoms with E-state index in [1.807, 2.05) is 25.3 Å². The van der Waals surface area contributed by atoms with E-state index in [1.54, 1.807) is 0 Å². The number of halogens is 1. The quantitative estimate of drug-likeness (QED) is 0.586. The molecule has 1 aromatic carbocycles. The average Bonchev–Trinajstić information content (AvgIpc) is 3.47. The van der Waals surface area contributed by atoms with Crippen molar-refractivity contribution in [2.24, 2.45) is 0 Å². The molecule has 0 N–H and O–H groups in total. The maximum atomic E-state index is 6.41. The van der Waals surface area contributed by atoms with Gasteiger partial charge >= 0.3 is 0 Å². The summed E-state index contributed by atoms with van der Waals surface area (Å²) in [7, 11) is 0. The van der Waals surface area contributed by atoms with E-state index in [4.69, 9.17) is 21.4 Å². The number of fused-ring (bicyclic) bond motifs is 3. The first-order valence-electron chi connectivity index (χ1n) is 11.7. The second kappa shape index (κ2) is 8.66. The van der Waals surface area contributed by atoms with E-state index in [9.17, 15) is 0 Å². The predicted molar refractivity (Wildman–Crippen MR) is 126 cm³/mol. The van der Waals surface area contributed by atoms with Crippen molar-refractivity contribution in [1.29, 1.82) is 0 Å². The van der Waals surface area contributed by atoms with Crippen LogP contribution in [0.25, 0.3) is 5.69 Å². The van der Waals surface area contributed by atoms with Gasteiger partial charge in [-0.3, -0.25) is 9.47 Å². The Morgan fingerprint density at radius 1 is 1.06 bits per heavy atom. The van der Waals surface area contributed by atoms with Crippen LogP contribution in [-0.2, 0) is 17.8 Å². The third-order valence-corrected chi connectivity index (χ3v) is 7.36. The van der Waals surface area contributed by atoms with Crippen LogP contribution in [0.3, 0.4) is 0 Å². The van der Waals surface area contributed by atoms with Gasteiger partial charge in [0.2, 0.25) is 0 Å². The summed E-state index contributed by atoms with van der Waals surface area (Å²) in [6.45, 7) is 7.05. The van der Waals surface area contributed by atoms with Crippen LogP contribution >= 0.6 is 11.6 Å². The van der Waals surface area contributed by atoms with Gasteiger partial charge in [-0.1, -0.05) is 11.6 Å².